The Morgan fingerprint density at radius 3 is 2.26 bits per heavy atom. The van der Waals surface area contributed by atoms with Gasteiger partial charge in [0.15, 0.2) is 0 Å². The maximum Gasteiger partial charge on any atom is 0.414 e. The van der Waals surface area contributed by atoms with Crippen LogP contribution in [-0.4, -0.2) is 71.0 Å². The van der Waals surface area contributed by atoms with E-state index < -0.39 is 23.4 Å². The molecule has 0 fully saturated rings. The van der Waals surface area contributed by atoms with Gasteiger partial charge in [0.1, 0.15) is 22.8 Å². The molecule has 0 bridgehead atoms. The third-order valence-electron chi connectivity index (χ3n) is 5.35. The number of ether oxygens (including phenoxy) is 3. The third-order valence-corrected chi connectivity index (χ3v) is 5.35. The van der Waals surface area contributed by atoms with E-state index in [2.05, 4.69) is 30.9 Å². The van der Waals surface area contributed by atoms with Crippen LogP contribution in [0.15, 0.2) is 35.5 Å². The van der Waals surface area contributed by atoms with Crippen molar-refractivity contribution in [3.8, 4) is 5.75 Å². The molecule has 42 heavy (non-hydrogen) atoms. The van der Waals surface area contributed by atoms with Crippen LogP contribution < -0.4 is 25.6 Å². The summed E-state index contributed by atoms with van der Waals surface area (Å²) in [6, 6.07) is 7.01. The minimum absolute atomic E-state index is 0.0162. The highest BCUT2D eigenvalue weighted by Crippen LogP contribution is 2.27. The first-order chi connectivity index (χ1) is 19.6. The van der Waals surface area contributed by atoms with Gasteiger partial charge in [0.25, 0.3) is 5.91 Å². The number of alkyl carbamates (subject to hydrolysis) is 2. The Kier molecular flexibility index (Phi) is 10.3. The molecule has 2 aromatic rings. The van der Waals surface area contributed by atoms with Crippen molar-refractivity contribution in [3.05, 3.63) is 41.6 Å². The summed E-state index contributed by atoms with van der Waals surface area (Å²) in [4.78, 5) is 53.3. The zero-order valence-electron chi connectivity index (χ0n) is 25.5. The molecule has 0 spiro atoms. The summed E-state index contributed by atoms with van der Waals surface area (Å²) < 4.78 is 16.2. The fraction of sp³-hybridized carbons (Fsp3) is 0.517. The van der Waals surface area contributed by atoms with Gasteiger partial charge in [0.05, 0.1) is 13.2 Å². The van der Waals surface area contributed by atoms with E-state index in [0.717, 1.165) is 11.3 Å². The second kappa shape index (κ2) is 13.5. The summed E-state index contributed by atoms with van der Waals surface area (Å²) in [6.07, 6.45) is 0.649. The average Bonchev–Trinajstić information content (AvgIpc) is 3.31. The molecule has 3 amide bonds. The van der Waals surface area contributed by atoms with Crippen molar-refractivity contribution in [2.75, 3.05) is 29.9 Å². The molecule has 0 radical (unpaired) electrons. The number of carbonyl (C=O) groups excluding carboxylic acids is 3. The lowest BCUT2D eigenvalue weighted by molar-refractivity contribution is 0.0544. The number of rotatable bonds is 7. The van der Waals surface area contributed by atoms with Crippen LogP contribution in [0.4, 0.5) is 21.4 Å². The first kappa shape index (κ1) is 32.1. The van der Waals surface area contributed by atoms with Gasteiger partial charge in [0.2, 0.25) is 11.9 Å². The van der Waals surface area contributed by atoms with Crippen LogP contribution in [0.25, 0.3) is 0 Å². The summed E-state index contributed by atoms with van der Waals surface area (Å²) >= 11 is 0. The molecule has 0 unspecified atom stereocenters. The molecule has 1 aliphatic heterocycles. The number of fused-ring (bicyclic) bond motifs is 1. The number of benzene rings is 1. The second-order valence-electron chi connectivity index (χ2n) is 11.9. The summed E-state index contributed by atoms with van der Waals surface area (Å²) in [5, 5.41) is 8.04. The predicted octanol–water partition coefficient (Wildman–Crippen LogP) is 4.28. The topological polar surface area (TPSA) is 156 Å². The van der Waals surface area contributed by atoms with Crippen LogP contribution >= 0.6 is 0 Å². The molecule has 2 heterocycles. The molecule has 13 heteroatoms. The van der Waals surface area contributed by atoms with Crippen molar-refractivity contribution in [3.63, 3.8) is 0 Å². The number of carbonyl (C=O) groups is 3. The van der Waals surface area contributed by atoms with E-state index in [9.17, 15) is 14.4 Å². The van der Waals surface area contributed by atoms with Crippen molar-refractivity contribution in [2.24, 2.45) is 4.99 Å². The highest BCUT2D eigenvalue weighted by atomic mass is 16.6. The lowest BCUT2D eigenvalue weighted by atomic mass is 10.1. The van der Waals surface area contributed by atoms with Crippen molar-refractivity contribution in [1.82, 2.24) is 20.6 Å². The maximum absolute atomic E-state index is 13.8. The summed E-state index contributed by atoms with van der Waals surface area (Å²) in [5.41, 5.74) is -0.145. The number of guanidine groups is 1. The fourth-order valence-electron chi connectivity index (χ4n) is 3.80. The molecule has 3 N–H and O–H groups in total. The summed E-state index contributed by atoms with van der Waals surface area (Å²) in [7, 11) is 0. The minimum atomic E-state index is -0.814. The Balaban J connectivity index is 1.88. The van der Waals surface area contributed by atoms with Gasteiger partial charge >= 0.3 is 12.2 Å². The van der Waals surface area contributed by atoms with Crippen LogP contribution in [0, 0.1) is 0 Å². The molecule has 0 atom stereocenters. The highest BCUT2D eigenvalue weighted by Gasteiger charge is 2.24. The zero-order valence-corrected chi connectivity index (χ0v) is 25.5. The Labute approximate surface area is 246 Å². The lowest BCUT2D eigenvalue weighted by Crippen LogP contribution is -2.47. The van der Waals surface area contributed by atoms with Gasteiger partial charge in [-0.2, -0.15) is 4.98 Å². The lowest BCUT2D eigenvalue weighted by Gasteiger charge is -2.23. The van der Waals surface area contributed by atoms with Gasteiger partial charge in [-0.15, -0.1) is 0 Å². The van der Waals surface area contributed by atoms with Crippen LogP contribution in [0.3, 0.4) is 0 Å². The van der Waals surface area contributed by atoms with Crippen LogP contribution in [0.2, 0.25) is 0 Å². The van der Waals surface area contributed by atoms with E-state index in [1.54, 1.807) is 65.9 Å². The van der Waals surface area contributed by atoms with Gasteiger partial charge in [-0.05, 0) is 85.2 Å². The molecule has 0 aliphatic carbocycles. The van der Waals surface area contributed by atoms with Gasteiger partial charge < -0.3 is 19.5 Å². The normalized spacial score (nSPS) is 12.5. The van der Waals surface area contributed by atoms with E-state index in [1.165, 1.54) is 4.90 Å². The van der Waals surface area contributed by atoms with Crippen LogP contribution in [0.5, 0.6) is 5.75 Å². The number of aromatic nitrogens is 2. The summed E-state index contributed by atoms with van der Waals surface area (Å²) in [6.45, 7) is 14.8. The summed E-state index contributed by atoms with van der Waals surface area (Å²) in [5.74, 6) is 0.984. The molecule has 1 aliphatic rings. The number of nitrogens with zero attached hydrogens (tertiary/aromatic N) is 4. The molecular formula is C29H41N7O6. The van der Waals surface area contributed by atoms with E-state index in [0.29, 0.717) is 30.4 Å². The first-order valence-corrected chi connectivity index (χ1v) is 13.8. The monoisotopic (exact) mass is 583 g/mol. The molecular weight excluding hydrogens is 542 g/mol. The molecule has 0 saturated heterocycles. The molecule has 1 aromatic carbocycles. The fourth-order valence-corrected chi connectivity index (χ4v) is 3.80. The number of hydrogen-bond acceptors (Lipinski definition) is 10. The average molecular weight is 584 g/mol. The third kappa shape index (κ3) is 10.2. The molecule has 228 valence electrons. The van der Waals surface area contributed by atoms with E-state index in [-0.39, 0.29) is 31.0 Å². The number of nitrogens with one attached hydrogen (secondary N) is 3. The van der Waals surface area contributed by atoms with E-state index >= 15 is 0 Å². The Morgan fingerprint density at radius 1 is 1.02 bits per heavy atom. The molecule has 3 rings (SSSR count). The van der Waals surface area contributed by atoms with E-state index in [1.807, 2.05) is 19.9 Å². The quantitative estimate of drug-likeness (QED) is 0.320. The number of hydrogen-bond donors (Lipinski definition) is 3. The van der Waals surface area contributed by atoms with Crippen molar-refractivity contribution >= 4 is 35.8 Å². The standard InChI is InChI=1S/C29H41N7O6/c1-18(2)32-24-30-13-11-22(33-24)36(23(37)20-9-10-21-19(17-20)12-16-40-21)15-14-31-25(34-26(38)41-28(3,4)5)35-27(39)42-29(6,7)8/h9-11,13,17-18H,12,14-16H2,1-8H3,(H,30,32,33)(H2,31,34,35,38,39). The van der Waals surface area contributed by atoms with Gasteiger partial charge in [-0.3, -0.25) is 25.3 Å². The molecule has 13 nitrogen and oxygen atoms in total. The van der Waals surface area contributed by atoms with E-state index in [4.69, 9.17) is 14.2 Å². The predicted molar refractivity (Wildman–Crippen MR) is 159 cm³/mol. The minimum Gasteiger partial charge on any atom is -0.493 e. The van der Waals surface area contributed by atoms with Crippen LogP contribution in [-0.2, 0) is 15.9 Å². The molecule has 0 saturated carbocycles. The van der Waals surface area contributed by atoms with Gasteiger partial charge in [-0.1, -0.05) is 0 Å². The number of amides is 3. The number of aliphatic imine (C=N–C) groups is 1. The van der Waals surface area contributed by atoms with Gasteiger partial charge in [-0.25, -0.2) is 14.6 Å². The Morgan fingerprint density at radius 2 is 1.67 bits per heavy atom. The zero-order chi connectivity index (χ0) is 31.1. The molecule has 1 aromatic heterocycles. The maximum atomic E-state index is 13.8. The van der Waals surface area contributed by atoms with Crippen molar-refractivity contribution in [1.29, 1.82) is 0 Å². The highest BCUT2D eigenvalue weighted by molar-refractivity contribution is 6.06. The second-order valence-corrected chi connectivity index (χ2v) is 11.9. The Hall–Kier alpha value is -4.42. The first-order valence-electron chi connectivity index (χ1n) is 13.8. The number of anilines is 2. The van der Waals surface area contributed by atoms with Gasteiger partial charge in [0, 0.05) is 30.8 Å². The SMILES string of the molecule is CC(C)Nc1nccc(N(CCN=C(NC(=O)OC(C)(C)C)NC(=O)OC(C)(C)C)C(=O)c2ccc3c(c2)CCO3)n1. The van der Waals surface area contributed by atoms with Crippen molar-refractivity contribution in [2.45, 2.75) is 79.1 Å². The largest absolute Gasteiger partial charge is 0.493 e. The van der Waals surface area contributed by atoms with Crippen molar-refractivity contribution < 1.29 is 28.6 Å². The Bertz CT molecular complexity index is 1280. The smallest absolute Gasteiger partial charge is 0.414 e. The van der Waals surface area contributed by atoms with Crippen LogP contribution in [0.1, 0.15) is 71.3 Å².